The minimum atomic E-state index is -0.510. The first-order valence-corrected chi connectivity index (χ1v) is 22.6. The molecule has 2 heterocycles. The summed E-state index contributed by atoms with van der Waals surface area (Å²) in [7, 11) is 0. The average molecular weight is 891 g/mol. The Kier molecular flexibility index (Phi) is 8.24. The lowest BCUT2D eigenvalue weighted by Crippen LogP contribution is -2.29. The normalized spacial score (nSPS) is 14.5. The number of aryl methyl sites for hydroxylation is 8. The van der Waals surface area contributed by atoms with Crippen LogP contribution in [0.4, 0.5) is 0 Å². The zero-order valence-corrected chi connectivity index (χ0v) is 37.8. The van der Waals surface area contributed by atoms with Crippen molar-refractivity contribution in [3.63, 3.8) is 0 Å². The van der Waals surface area contributed by atoms with Crippen LogP contribution in [0.5, 0.6) is 0 Å². The van der Waals surface area contributed by atoms with Gasteiger partial charge in [0.2, 0.25) is 0 Å². The summed E-state index contributed by atoms with van der Waals surface area (Å²) >= 11 is 12.0. The van der Waals surface area contributed by atoms with E-state index in [1.54, 1.807) is 0 Å². The molecule has 0 nitrogen and oxygen atoms in total. The summed E-state index contributed by atoms with van der Waals surface area (Å²) in [6, 6.07) is 43.0. The molecular formula is C52H42Br2S2. The largest absolute Gasteiger partial charge is 0.134 e. The van der Waals surface area contributed by atoms with E-state index in [2.05, 4.69) is 196 Å². The van der Waals surface area contributed by atoms with Crippen LogP contribution in [-0.4, -0.2) is 0 Å². The highest BCUT2D eigenvalue weighted by Gasteiger charge is 2.54. The molecule has 2 aliphatic carbocycles. The van der Waals surface area contributed by atoms with Gasteiger partial charge in [-0.1, -0.05) is 161 Å². The SMILES string of the molecule is Cc1cc(C)cc(C2(c3cc(C)cc(C)c3)c3cc(Br)ccc3-c3sc4c5c(sc4c32)-c2ccc(Br)cc2C5(c2cc(C)cc(C)c2)c2cc(C)cc(C)c2)c1. The Morgan fingerprint density at radius 1 is 0.357 bits per heavy atom. The summed E-state index contributed by atoms with van der Waals surface area (Å²) in [6.07, 6.45) is 0. The molecule has 0 spiro atoms. The highest BCUT2D eigenvalue weighted by molar-refractivity contribution is 9.10. The van der Waals surface area contributed by atoms with Crippen LogP contribution in [0.1, 0.15) is 89.0 Å². The van der Waals surface area contributed by atoms with Crippen LogP contribution in [-0.2, 0) is 10.8 Å². The zero-order chi connectivity index (χ0) is 39.0. The third-order valence-corrected chi connectivity index (χ3v) is 15.7. The average Bonchev–Trinajstić information content (AvgIpc) is 3.80. The van der Waals surface area contributed by atoms with E-state index < -0.39 is 10.8 Å². The Morgan fingerprint density at radius 3 is 0.893 bits per heavy atom. The predicted molar refractivity (Wildman–Crippen MR) is 248 cm³/mol. The summed E-state index contributed by atoms with van der Waals surface area (Å²) in [5, 5.41) is 0. The van der Waals surface area contributed by atoms with E-state index in [4.69, 9.17) is 0 Å². The predicted octanol–water partition coefficient (Wildman–Crippen LogP) is 15.7. The fourth-order valence-corrected chi connectivity index (χ4v) is 14.5. The molecule has 0 radical (unpaired) electrons. The van der Waals surface area contributed by atoms with Crippen LogP contribution in [0.3, 0.4) is 0 Å². The van der Waals surface area contributed by atoms with Crippen LogP contribution < -0.4 is 0 Å². The highest BCUT2D eigenvalue weighted by atomic mass is 79.9. The molecule has 56 heavy (non-hydrogen) atoms. The first-order valence-electron chi connectivity index (χ1n) is 19.3. The summed E-state index contributed by atoms with van der Waals surface area (Å²) in [5.74, 6) is 0. The minimum Gasteiger partial charge on any atom is -0.134 e. The van der Waals surface area contributed by atoms with Crippen molar-refractivity contribution in [2.75, 3.05) is 0 Å². The third kappa shape index (κ3) is 5.05. The molecule has 276 valence electrons. The number of hydrogen-bond acceptors (Lipinski definition) is 2. The Hall–Kier alpha value is -4.06. The van der Waals surface area contributed by atoms with Gasteiger partial charge in [0, 0.05) is 29.8 Å². The minimum absolute atomic E-state index is 0.510. The monoisotopic (exact) mass is 888 g/mol. The molecule has 0 aliphatic heterocycles. The van der Waals surface area contributed by atoms with Crippen molar-refractivity contribution in [1.82, 2.24) is 0 Å². The molecule has 0 unspecified atom stereocenters. The van der Waals surface area contributed by atoms with Gasteiger partial charge >= 0.3 is 0 Å². The molecule has 2 aromatic heterocycles. The Morgan fingerprint density at radius 2 is 0.625 bits per heavy atom. The molecular weight excluding hydrogens is 849 g/mol. The first-order chi connectivity index (χ1) is 26.8. The first kappa shape index (κ1) is 36.3. The number of thiophene rings is 2. The fraction of sp³-hybridized carbons (Fsp3) is 0.192. The Balaban J connectivity index is 1.43. The second-order valence-electron chi connectivity index (χ2n) is 16.7. The van der Waals surface area contributed by atoms with E-state index in [1.165, 1.54) is 119 Å². The van der Waals surface area contributed by atoms with E-state index in [0.717, 1.165) is 8.95 Å². The molecule has 10 rings (SSSR count). The van der Waals surface area contributed by atoms with E-state index in [-0.39, 0.29) is 0 Å². The molecule has 0 fully saturated rings. The zero-order valence-electron chi connectivity index (χ0n) is 33.0. The topological polar surface area (TPSA) is 0 Å². The number of rotatable bonds is 4. The number of halogens is 2. The fourth-order valence-electron chi connectivity index (χ4n) is 10.6. The lowest BCUT2D eigenvalue weighted by Gasteiger charge is -2.35. The van der Waals surface area contributed by atoms with Gasteiger partial charge in [-0.05, 0) is 124 Å². The van der Waals surface area contributed by atoms with Gasteiger partial charge in [0.15, 0.2) is 0 Å². The van der Waals surface area contributed by atoms with Crippen molar-refractivity contribution in [2.24, 2.45) is 0 Å². The van der Waals surface area contributed by atoms with Gasteiger partial charge in [0.1, 0.15) is 0 Å². The molecule has 6 aromatic carbocycles. The second-order valence-corrected chi connectivity index (χ2v) is 20.5. The number of fused-ring (bicyclic) bond motifs is 9. The highest BCUT2D eigenvalue weighted by Crippen LogP contribution is 2.68. The molecule has 0 saturated heterocycles. The molecule has 8 aromatic rings. The van der Waals surface area contributed by atoms with E-state index in [0.29, 0.717) is 0 Å². The molecule has 0 amide bonds. The molecule has 2 aliphatic rings. The van der Waals surface area contributed by atoms with Crippen molar-refractivity contribution in [3.05, 3.63) is 207 Å². The summed E-state index contributed by atoms with van der Waals surface area (Å²) in [4.78, 5) is 2.78. The van der Waals surface area contributed by atoms with Crippen molar-refractivity contribution in [1.29, 1.82) is 0 Å². The van der Waals surface area contributed by atoms with Crippen molar-refractivity contribution < 1.29 is 0 Å². The lowest BCUT2D eigenvalue weighted by molar-refractivity contribution is 0.769. The number of hydrogen-bond donors (Lipinski definition) is 0. The number of benzene rings is 6. The molecule has 4 heteroatoms. The maximum Gasteiger partial charge on any atom is 0.0737 e. The maximum absolute atomic E-state index is 3.95. The van der Waals surface area contributed by atoms with E-state index in [1.807, 2.05) is 22.7 Å². The van der Waals surface area contributed by atoms with Gasteiger partial charge in [0.05, 0.1) is 20.2 Å². The summed E-state index contributed by atoms with van der Waals surface area (Å²) < 4.78 is 5.04. The van der Waals surface area contributed by atoms with Crippen molar-refractivity contribution >= 4 is 63.9 Å². The van der Waals surface area contributed by atoms with Crippen molar-refractivity contribution in [3.8, 4) is 20.9 Å². The van der Waals surface area contributed by atoms with Crippen LogP contribution in [0.25, 0.3) is 30.3 Å². The summed E-state index contributed by atoms with van der Waals surface area (Å²) in [6.45, 7) is 18.0. The quantitative estimate of drug-likeness (QED) is 0.165. The van der Waals surface area contributed by atoms with Gasteiger partial charge in [-0.3, -0.25) is 0 Å². The van der Waals surface area contributed by atoms with Gasteiger partial charge in [-0.15, -0.1) is 22.7 Å². The molecule has 0 N–H and O–H groups in total. The maximum atomic E-state index is 3.95. The second kappa shape index (κ2) is 12.7. The van der Waals surface area contributed by atoms with Crippen LogP contribution in [0, 0.1) is 55.4 Å². The van der Waals surface area contributed by atoms with Gasteiger partial charge < -0.3 is 0 Å². The molecule has 0 bridgehead atoms. The third-order valence-electron chi connectivity index (χ3n) is 12.2. The summed E-state index contributed by atoms with van der Waals surface area (Å²) in [5.41, 5.74) is 22.9. The standard InChI is InChI=1S/C52H42Br2S2/c1-27-13-28(2)18-35(17-27)51(36-19-29(3)14-30(4)20-36)43-25-39(53)9-11-41(43)47-45(51)49-50(55-47)46-48(56-49)42-12-10-40(54)26-44(42)52(46,37-21-31(5)15-32(6)22-37)38-23-33(7)16-34(8)24-38/h9-26H,1-8H3. The van der Waals surface area contributed by atoms with Gasteiger partial charge in [-0.25, -0.2) is 0 Å². The van der Waals surface area contributed by atoms with E-state index in [9.17, 15) is 0 Å². The van der Waals surface area contributed by atoms with Gasteiger partial charge in [0.25, 0.3) is 0 Å². The smallest absolute Gasteiger partial charge is 0.0737 e. The van der Waals surface area contributed by atoms with Crippen molar-refractivity contribution in [2.45, 2.75) is 66.2 Å². The lowest BCUT2D eigenvalue weighted by atomic mass is 9.66. The van der Waals surface area contributed by atoms with Gasteiger partial charge in [-0.2, -0.15) is 0 Å². The molecule has 0 saturated carbocycles. The van der Waals surface area contributed by atoms with Crippen LogP contribution in [0.15, 0.2) is 118 Å². The Labute approximate surface area is 355 Å². The van der Waals surface area contributed by atoms with Crippen LogP contribution in [0.2, 0.25) is 0 Å². The molecule has 0 atom stereocenters. The van der Waals surface area contributed by atoms with E-state index >= 15 is 0 Å². The Bertz CT molecular complexity index is 2600. The van der Waals surface area contributed by atoms with Crippen LogP contribution >= 0.6 is 54.5 Å².